The van der Waals surface area contributed by atoms with Gasteiger partial charge in [-0.3, -0.25) is 9.59 Å². The fourth-order valence-electron chi connectivity index (χ4n) is 1.63. The molecule has 0 spiro atoms. The summed E-state index contributed by atoms with van der Waals surface area (Å²) in [5.74, 6) is -0.155. The van der Waals surface area contributed by atoms with Crippen LogP contribution < -0.4 is 15.5 Å². The number of nitrogens with zero attached hydrogens (tertiary/aromatic N) is 1. The van der Waals surface area contributed by atoms with Gasteiger partial charge in [0.15, 0.2) is 0 Å². The summed E-state index contributed by atoms with van der Waals surface area (Å²) in [6.45, 7) is 6.40. The van der Waals surface area contributed by atoms with Gasteiger partial charge in [0, 0.05) is 43.9 Å². The molecule has 0 aliphatic carbocycles. The number of hydrogen-bond acceptors (Lipinski definition) is 3. The van der Waals surface area contributed by atoms with E-state index in [9.17, 15) is 9.59 Å². The van der Waals surface area contributed by atoms with Crippen LogP contribution in [0.25, 0.3) is 0 Å². The molecule has 5 heteroatoms. The van der Waals surface area contributed by atoms with Gasteiger partial charge in [-0.1, -0.05) is 20.8 Å². The third-order valence-electron chi connectivity index (χ3n) is 3.02. The first-order valence-corrected chi connectivity index (χ1v) is 7.05. The zero-order valence-corrected chi connectivity index (χ0v) is 13.5. The fraction of sp³-hybridized carbons (Fsp3) is 0.500. The number of benzene rings is 1. The Labute approximate surface area is 126 Å². The highest BCUT2D eigenvalue weighted by Crippen LogP contribution is 2.12. The molecule has 0 radical (unpaired) electrons. The standard InChI is InChI=1S/C16H25N3O2/c1-16(2,3)15(21)18-11-10-17-14(20)12-6-8-13(9-7-12)19(4)5/h6-9H,10-11H2,1-5H3,(H,17,20)(H,18,21). The number of amides is 2. The minimum Gasteiger partial charge on any atom is -0.378 e. The Morgan fingerprint density at radius 3 is 2.00 bits per heavy atom. The summed E-state index contributed by atoms with van der Waals surface area (Å²) in [6.07, 6.45) is 0. The van der Waals surface area contributed by atoms with E-state index in [1.807, 2.05) is 51.9 Å². The Morgan fingerprint density at radius 2 is 1.52 bits per heavy atom. The van der Waals surface area contributed by atoms with Gasteiger partial charge in [-0.15, -0.1) is 0 Å². The van der Waals surface area contributed by atoms with Crippen molar-refractivity contribution < 1.29 is 9.59 Å². The largest absolute Gasteiger partial charge is 0.378 e. The molecule has 0 aliphatic rings. The number of nitrogens with one attached hydrogen (secondary N) is 2. The van der Waals surface area contributed by atoms with Crippen molar-refractivity contribution in [3.63, 3.8) is 0 Å². The van der Waals surface area contributed by atoms with Crippen LogP contribution in [0.4, 0.5) is 5.69 Å². The fourth-order valence-corrected chi connectivity index (χ4v) is 1.63. The molecule has 5 nitrogen and oxygen atoms in total. The van der Waals surface area contributed by atoms with Crippen LogP contribution in [0.2, 0.25) is 0 Å². The third kappa shape index (κ3) is 5.45. The predicted molar refractivity (Wildman–Crippen MR) is 85.6 cm³/mol. The van der Waals surface area contributed by atoms with Gasteiger partial charge in [-0.05, 0) is 24.3 Å². The van der Waals surface area contributed by atoms with E-state index in [1.165, 1.54) is 0 Å². The molecule has 21 heavy (non-hydrogen) atoms. The minimum atomic E-state index is -0.411. The monoisotopic (exact) mass is 291 g/mol. The maximum Gasteiger partial charge on any atom is 0.251 e. The highest BCUT2D eigenvalue weighted by atomic mass is 16.2. The Balaban J connectivity index is 2.39. The molecule has 0 atom stereocenters. The van der Waals surface area contributed by atoms with Crippen LogP contribution in [0.5, 0.6) is 0 Å². The lowest BCUT2D eigenvalue weighted by Gasteiger charge is -2.17. The SMILES string of the molecule is CN(C)c1ccc(C(=O)NCCNC(=O)C(C)(C)C)cc1. The van der Waals surface area contributed by atoms with Crippen molar-refractivity contribution in [2.24, 2.45) is 5.41 Å². The average molecular weight is 291 g/mol. The second-order valence-corrected chi connectivity index (χ2v) is 6.20. The van der Waals surface area contributed by atoms with E-state index in [-0.39, 0.29) is 11.8 Å². The lowest BCUT2D eigenvalue weighted by Crippen LogP contribution is -2.39. The van der Waals surface area contributed by atoms with Gasteiger partial charge in [0.05, 0.1) is 0 Å². The van der Waals surface area contributed by atoms with Gasteiger partial charge in [0.25, 0.3) is 5.91 Å². The predicted octanol–water partition coefficient (Wildman–Crippen LogP) is 1.64. The molecule has 116 valence electrons. The summed E-state index contributed by atoms with van der Waals surface area (Å²) in [5, 5.41) is 5.58. The quantitative estimate of drug-likeness (QED) is 0.811. The lowest BCUT2D eigenvalue weighted by molar-refractivity contribution is -0.128. The first-order chi connectivity index (χ1) is 9.71. The van der Waals surface area contributed by atoms with Gasteiger partial charge >= 0.3 is 0 Å². The number of rotatable bonds is 5. The van der Waals surface area contributed by atoms with E-state index in [1.54, 1.807) is 12.1 Å². The molecule has 0 fully saturated rings. The van der Waals surface area contributed by atoms with Crippen LogP contribution in [0.1, 0.15) is 31.1 Å². The molecular weight excluding hydrogens is 266 g/mol. The van der Waals surface area contributed by atoms with Gasteiger partial charge in [0.2, 0.25) is 5.91 Å². The topological polar surface area (TPSA) is 61.4 Å². The molecule has 0 unspecified atom stereocenters. The van der Waals surface area contributed by atoms with Crippen molar-refractivity contribution in [1.29, 1.82) is 0 Å². The smallest absolute Gasteiger partial charge is 0.251 e. The molecule has 0 aliphatic heterocycles. The van der Waals surface area contributed by atoms with Crippen LogP contribution in [-0.2, 0) is 4.79 Å². The summed E-state index contributed by atoms with van der Waals surface area (Å²) in [4.78, 5) is 25.6. The first-order valence-electron chi connectivity index (χ1n) is 7.05. The zero-order valence-electron chi connectivity index (χ0n) is 13.5. The molecule has 1 aromatic rings. The van der Waals surface area contributed by atoms with Crippen LogP contribution in [0.3, 0.4) is 0 Å². The van der Waals surface area contributed by atoms with E-state index in [0.717, 1.165) is 5.69 Å². The van der Waals surface area contributed by atoms with Crippen molar-refractivity contribution in [2.45, 2.75) is 20.8 Å². The van der Waals surface area contributed by atoms with Gasteiger partial charge < -0.3 is 15.5 Å². The molecule has 0 aromatic heterocycles. The highest BCUT2D eigenvalue weighted by Gasteiger charge is 2.20. The maximum absolute atomic E-state index is 11.9. The molecular formula is C16H25N3O2. The maximum atomic E-state index is 11.9. The summed E-state index contributed by atoms with van der Waals surface area (Å²) in [5.41, 5.74) is 1.25. The summed E-state index contributed by atoms with van der Waals surface area (Å²) in [6, 6.07) is 7.38. The first kappa shape index (κ1) is 17.0. The zero-order chi connectivity index (χ0) is 16.0. The normalized spacial score (nSPS) is 10.9. The third-order valence-corrected chi connectivity index (χ3v) is 3.02. The summed E-state index contributed by atoms with van der Waals surface area (Å²) >= 11 is 0. The lowest BCUT2D eigenvalue weighted by atomic mass is 9.96. The average Bonchev–Trinajstić information content (AvgIpc) is 2.42. The van der Waals surface area contributed by atoms with Crippen molar-refractivity contribution in [3.05, 3.63) is 29.8 Å². The Kier molecular flexibility index (Phi) is 5.76. The molecule has 1 rings (SSSR count). The Hall–Kier alpha value is -2.04. The molecule has 2 N–H and O–H groups in total. The molecule has 0 heterocycles. The van der Waals surface area contributed by atoms with E-state index in [2.05, 4.69) is 10.6 Å². The number of carbonyl (C=O) groups excluding carboxylic acids is 2. The van der Waals surface area contributed by atoms with Crippen molar-refractivity contribution in [2.75, 3.05) is 32.1 Å². The second-order valence-electron chi connectivity index (χ2n) is 6.20. The van der Waals surface area contributed by atoms with Crippen LogP contribution >= 0.6 is 0 Å². The van der Waals surface area contributed by atoms with Gasteiger partial charge in [0.1, 0.15) is 0 Å². The summed E-state index contributed by atoms with van der Waals surface area (Å²) < 4.78 is 0. The van der Waals surface area contributed by atoms with E-state index in [4.69, 9.17) is 0 Å². The molecule has 2 amide bonds. The molecule has 0 saturated heterocycles. The van der Waals surface area contributed by atoms with E-state index < -0.39 is 5.41 Å². The number of hydrogen-bond donors (Lipinski definition) is 2. The molecule has 1 aromatic carbocycles. The van der Waals surface area contributed by atoms with Crippen molar-refractivity contribution in [1.82, 2.24) is 10.6 Å². The Bertz CT molecular complexity index is 487. The number of anilines is 1. The van der Waals surface area contributed by atoms with Crippen LogP contribution in [0, 0.1) is 5.41 Å². The van der Waals surface area contributed by atoms with Gasteiger partial charge in [-0.25, -0.2) is 0 Å². The van der Waals surface area contributed by atoms with Crippen LogP contribution in [-0.4, -0.2) is 39.0 Å². The highest BCUT2D eigenvalue weighted by molar-refractivity contribution is 5.94. The van der Waals surface area contributed by atoms with Crippen molar-refractivity contribution in [3.8, 4) is 0 Å². The minimum absolute atomic E-state index is 0.0212. The van der Waals surface area contributed by atoms with Crippen molar-refractivity contribution >= 4 is 17.5 Å². The Morgan fingerprint density at radius 1 is 1.00 bits per heavy atom. The van der Waals surface area contributed by atoms with Gasteiger partial charge in [-0.2, -0.15) is 0 Å². The van der Waals surface area contributed by atoms with E-state index >= 15 is 0 Å². The van der Waals surface area contributed by atoms with Crippen LogP contribution in [0.15, 0.2) is 24.3 Å². The summed E-state index contributed by atoms with van der Waals surface area (Å²) in [7, 11) is 3.90. The molecule has 0 bridgehead atoms. The number of carbonyl (C=O) groups is 2. The second kappa shape index (κ2) is 7.11. The molecule has 0 saturated carbocycles. The van der Waals surface area contributed by atoms with E-state index in [0.29, 0.717) is 18.7 Å².